The highest BCUT2D eigenvalue weighted by Gasteiger charge is 2.15. The van der Waals surface area contributed by atoms with Crippen molar-refractivity contribution in [2.45, 2.75) is 6.92 Å². The Morgan fingerprint density at radius 2 is 2.19 bits per heavy atom. The maximum atomic E-state index is 12.9. The summed E-state index contributed by atoms with van der Waals surface area (Å²) in [5, 5.41) is 5.74. The average molecular weight is 220 g/mol. The van der Waals surface area contributed by atoms with E-state index in [4.69, 9.17) is 0 Å². The summed E-state index contributed by atoms with van der Waals surface area (Å²) in [7, 11) is 0. The molecule has 1 aliphatic heterocycles. The van der Waals surface area contributed by atoms with E-state index in [-0.39, 0.29) is 11.7 Å². The number of benzene rings is 1. The summed E-state index contributed by atoms with van der Waals surface area (Å²) in [5.41, 5.74) is 2.30. The van der Waals surface area contributed by atoms with E-state index in [9.17, 15) is 9.18 Å². The molecule has 2 N–H and O–H groups in total. The predicted octanol–water partition coefficient (Wildman–Crippen LogP) is 1.68. The summed E-state index contributed by atoms with van der Waals surface area (Å²) in [6, 6.07) is 5.88. The number of hydrogen-bond acceptors (Lipinski definition) is 2. The van der Waals surface area contributed by atoms with Crippen LogP contribution in [0.5, 0.6) is 0 Å². The lowest BCUT2D eigenvalue weighted by Crippen LogP contribution is -2.36. The molecule has 0 bridgehead atoms. The molecule has 0 radical (unpaired) electrons. The summed E-state index contributed by atoms with van der Waals surface area (Å²) in [6.45, 7) is 3.32. The van der Waals surface area contributed by atoms with Gasteiger partial charge < -0.3 is 10.6 Å². The summed E-state index contributed by atoms with van der Waals surface area (Å²) < 4.78 is 12.9. The molecular formula is C12H13FN2O. The molecule has 0 unspecified atom stereocenters. The molecule has 3 nitrogen and oxygen atoms in total. The van der Waals surface area contributed by atoms with E-state index in [0.717, 1.165) is 18.7 Å². The maximum absolute atomic E-state index is 12.9. The molecule has 16 heavy (non-hydrogen) atoms. The molecule has 1 amide bonds. The molecule has 1 fully saturated rings. The number of hydrogen-bond donors (Lipinski definition) is 2. The van der Waals surface area contributed by atoms with Crippen LogP contribution in [0.15, 0.2) is 35.4 Å². The number of rotatable bonds is 2. The first-order chi connectivity index (χ1) is 7.66. The van der Waals surface area contributed by atoms with Crippen molar-refractivity contribution in [2.24, 2.45) is 0 Å². The summed E-state index contributed by atoms with van der Waals surface area (Å²) in [5.74, 6) is -0.518. The molecule has 1 heterocycles. The van der Waals surface area contributed by atoms with Gasteiger partial charge in [0.2, 0.25) is 0 Å². The molecule has 0 aromatic heterocycles. The van der Waals surface area contributed by atoms with Gasteiger partial charge in [0.25, 0.3) is 5.91 Å². The van der Waals surface area contributed by atoms with Crippen LogP contribution in [0.4, 0.5) is 10.1 Å². The minimum Gasteiger partial charge on any atom is -0.322 e. The van der Waals surface area contributed by atoms with Crippen molar-refractivity contribution in [3.8, 4) is 0 Å². The normalized spacial score (nSPS) is 14.2. The minimum absolute atomic E-state index is 0.165. The SMILES string of the molecule is CC(C(=O)Nc1cccc(F)c1)=C1CNC1. The fourth-order valence-corrected chi connectivity index (χ4v) is 1.47. The summed E-state index contributed by atoms with van der Waals surface area (Å²) in [6.07, 6.45) is 0. The van der Waals surface area contributed by atoms with Crippen LogP contribution in [0.2, 0.25) is 0 Å². The van der Waals surface area contributed by atoms with Gasteiger partial charge in [-0.15, -0.1) is 0 Å². The molecule has 4 heteroatoms. The Bertz CT molecular complexity index is 448. The smallest absolute Gasteiger partial charge is 0.251 e. The van der Waals surface area contributed by atoms with Gasteiger partial charge in [-0.3, -0.25) is 4.79 Å². The quantitative estimate of drug-likeness (QED) is 0.744. The standard InChI is InChI=1S/C12H13FN2O/c1-8(9-6-14-7-9)12(16)15-11-4-2-3-10(13)5-11/h2-5,14H,6-7H2,1H3,(H,15,16). The van der Waals surface area contributed by atoms with Crippen molar-refractivity contribution in [1.82, 2.24) is 5.32 Å². The lowest BCUT2D eigenvalue weighted by molar-refractivity contribution is -0.112. The highest BCUT2D eigenvalue weighted by atomic mass is 19.1. The molecular weight excluding hydrogens is 207 g/mol. The molecule has 2 rings (SSSR count). The zero-order valence-electron chi connectivity index (χ0n) is 9.01. The van der Waals surface area contributed by atoms with Gasteiger partial charge in [-0.25, -0.2) is 4.39 Å². The van der Waals surface area contributed by atoms with E-state index in [1.165, 1.54) is 12.1 Å². The third-order valence-electron chi connectivity index (χ3n) is 2.63. The number of carbonyl (C=O) groups is 1. The van der Waals surface area contributed by atoms with Crippen LogP contribution in [0.1, 0.15) is 6.92 Å². The Morgan fingerprint density at radius 1 is 1.44 bits per heavy atom. The van der Waals surface area contributed by atoms with E-state index in [1.807, 2.05) is 0 Å². The number of anilines is 1. The lowest BCUT2D eigenvalue weighted by atomic mass is 10.0. The largest absolute Gasteiger partial charge is 0.322 e. The third kappa shape index (κ3) is 2.28. The number of halogens is 1. The van der Waals surface area contributed by atoms with E-state index >= 15 is 0 Å². The number of nitrogens with one attached hydrogen (secondary N) is 2. The second-order valence-corrected chi connectivity index (χ2v) is 3.80. The van der Waals surface area contributed by atoms with Gasteiger partial charge in [0.15, 0.2) is 0 Å². The van der Waals surface area contributed by atoms with Crippen LogP contribution in [0, 0.1) is 5.82 Å². The second kappa shape index (κ2) is 4.45. The van der Waals surface area contributed by atoms with Gasteiger partial charge in [-0.1, -0.05) is 6.07 Å². The predicted molar refractivity (Wildman–Crippen MR) is 60.6 cm³/mol. The molecule has 1 saturated heterocycles. The van der Waals surface area contributed by atoms with E-state index < -0.39 is 0 Å². The van der Waals surface area contributed by atoms with Gasteiger partial charge in [0.1, 0.15) is 5.82 Å². The second-order valence-electron chi connectivity index (χ2n) is 3.80. The zero-order chi connectivity index (χ0) is 11.5. The van der Waals surface area contributed by atoms with Gasteiger partial charge >= 0.3 is 0 Å². The van der Waals surface area contributed by atoms with Crippen LogP contribution < -0.4 is 10.6 Å². The Balaban J connectivity index is 2.07. The van der Waals surface area contributed by atoms with Gasteiger partial charge in [-0.2, -0.15) is 0 Å². The molecule has 0 atom stereocenters. The minimum atomic E-state index is -0.353. The number of carbonyl (C=O) groups excluding carboxylic acids is 1. The summed E-state index contributed by atoms with van der Waals surface area (Å²) >= 11 is 0. The van der Waals surface area contributed by atoms with E-state index in [2.05, 4.69) is 10.6 Å². The van der Waals surface area contributed by atoms with E-state index in [0.29, 0.717) is 11.3 Å². The molecule has 0 spiro atoms. The van der Waals surface area contributed by atoms with Crippen molar-refractivity contribution in [3.05, 3.63) is 41.2 Å². The number of amides is 1. The molecule has 1 aromatic rings. The fraction of sp³-hybridized carbons (Fsp3) is 0.250. The Labute approximate surface area is 93.4 Å². The Kier molecular flexibility index (Phi) is 3.01. The first-order valence-electron chi connectivity index (χ1n) is 5.13. The topological polar surface area (TPSA) is 41.1 Å². The van der Waals surface area contributed by atoms with Crippen LogP contribution >= 0.6 is 0 Å². The van der Waals surface area contributed by atoms with Crippen LogP contribution in [-0.2, 0) is 4.79 Å². The first kappa shape index (κ1) is 10.8. The molecule has 0 saturated carbocycles. The Morgan fingerprint density at radius 3 is 2.75 bits per heavy atom. The lowest BCUT2D eigenvalue weighted by Gasteiger charge is -2.21. The van der Waals surface area contributed by atoms with Crippen LogP contribution in [-0.4, -0.2) is 19.0 Å². The zero-order valence-corrected chi connectivity index (χ0v) is 9.01. The maximum Gasteiger partial charge on any atom is 0.251 e. The van der Waals surface area contributed by atoms with Crippen LogP contribution in [0.3, 0.4) is 0 Å². The van der Waals surface area contributed by atoms with Gasteiger partial charge in [0.05, 0.1) is 0 Å². The van der Waals surface area contributed by atoms with Crippen molar-refractivity contribution >= 4 is 11.6 Å². The Hall–Kier alpha value is -1.68. The monoisotopic (exact) mass is 220 g/mol. The van der Waals surface area contributed by atoms with Gasteiger partial charge in [-0.05, 0) is 30.7 Å². The summed E-state index contributed by atoms with van der Waals surface area (Å²) in [4.78, 5) is 11.7. The van der Waals surface area contributed by atoms with Crippen molar-refractivity contribution in [2.75, 3.05) is 18.4 Å². The van der Waals surface area contributed by atoms with Crippen molar-refractivity contribution in [1.29, 1.82) is 0 Å². The highest BCUT2D eigenvalue weighted by molar-refractivity contribution is 6.04. The molecule has 84 valence electrons. The van der Waals surface area contributed by atoms with Gasteiger partial charge in [0, 0.05) is 24.4 Å². The fourth-order valence-electron chi connectivity index (χ4n) is 1.47. The van der Waals surface area contributed by atoms with E-state index in [1.54, 1.807) is 19.1 Å². The third-order valence-corrected chi connectivity index (χ3v) is 2.63. The average Bonchev–Trinajstić information content (AvgIpc) is 2.14. The molecule has 1 aromatic carbocycles. The first-order valence-corrected chi connectivity index (χ1v) is 5.13. The van der Waals surface area contributed by atoms with Crippen molar-refractivity contribution < 1.29 is 9.18 Å². The molecule has 1 aliphatic rings. The highest BCUT2D eigenvalue weighted by Crippen LogP contribution is 2.13. The van der Waals surface area contributed by atoms with Crippen molar-refractivity contribution in [3.63, 3.8) is 0 Å². The van der Waals surface area contributed by atoms with Crippen LogP contribution in [0.25, 0.3) is 0 Å². The molecule has 0 aliphatic carbocycles.